The van der Waals surface area contributed by atoms with Crippen LogP contribution in [0.1, 0.15) is 12.1 Å². The number of nitrogens with zero attached hydrogens (tertiary/aromatic N) is 4. The van der Waals surface area contributed by atoms with E-state index in [1.54, 1.807) is 11.9 Å². The van der Waals surface area contributed by atoms with Crippen LogP contribution >= 0.6 is 0 Å². The van der Waals surface area contributed by atoms with E-state index < -0.39 is 0 Å². The summed E-state index contributed by atoms with van der Waals surface area (Å²) in [6.45, 7) is 2.62. The van der Waals surface area contributed by atoms with Crippen molar-refractivity contribution in [1.82, 2.24) is 20.0 Å². The van der Waals surface area contributed by atoms with Gasteiger partial charge in [-0.2, -0.15) is 5.10 Å². The molecule has 4 rings (SSSR count). The van der Waals surface area contributed by atoms with Crippen LogP contribution in [0.25, 0.3) is 10.8 Å². The van der Waals surface area contributed by atoms with Crippen molar-refractivity contribution in [2.75, 3.05) is 25.5 Å². The summed E-state index contributed by atoms with van der Waals surface area (Å²) >= 11 is 0. The predicted octanol–water partition coefficient (Wildman–Crippen LogP) is 0.792. The molecule has 0 unspecified atom stereocenters. The van der Waals surface area contributed by atoms with E-state index in [0.717, 1.165) is 16.5 Å². The maximum atomic E-state index is 12.3. The highest BCUT2D eigenvalue weighted by atomic mass is 16.2. The zero-order valence-electron chi connectivity index (χ0n) is 13.7. The van der Waals surface area contributed by atoms with Crippen LogP contribution in [0.3, 0.4) is 0 Å². The standard InChI is InChI=1S/C17H19N5O2/c1-10-12-5-3-4-6-13(12)16(20-19-10)18-11-7-14-17(24)21(2)9-15(23)22(14)8-11/h3-6,11,14H,7-9H2,1-2H3,(H,18,20)/t11-,14+/m1/s1. The third kappa shape index (κ3) is 2.28. The van der Waals surface area contributed by atoms with Crippen molar-refractivity contribution in [2.45, 2.75) is 25.4 Å². The van der Waals surface area contributed by atoms with Crippen LogP contribution in [-0.2, 0) is 9.59 Å². The third-order valence-electron chi connectivity index (χ3n) is 4.87. The van der Waals surface area contributed by atoms with Gasteiger partial charge in [-0.15, -0.1) is 5.10 Å². The first kappa shape index (κ1) is 14.9. The number of likely N-dealkylation sites (N-methyl/N-ethyl adjacent to an activating group) is 1. The van der Waals surface area contributed by atoms with E-state index in [1.165, 1.54) is 4.90 Å². The average molecular weight is 325 g/mol. The van der Waals surface area contributed by atoms with Crippen LogP contribution in [-0.4, -0.2) is 64.0 Å². The average Bonchev–Trinajstić information content (AvgIpc) is 3.00. The Morgan fingerprint density at radius 2 is 1.92 bits per heavy atom. The normalized spacial score (nSPS) is 23.8. The zero-order valence-corrected chi connectivity index (χ0v) is 13.7. The molecule has 2 aliphatic rings. The van der Waals surface area contributed by atoms with E-state index in [-0.39, 0.29) is 30.4 Å². The molecule has 0 bridgehead atoms. The minimum absolute atomic E-state index is 0.00480. The van der Waals surface area contributed by atoms with E-state index in [4.69, 9.17) is 0 Å². The van der Waals surface area contributed by atoms with Crippen LogP contribution in [0.2, 0.25) is 0 Å². The number of nitrogens with one attached hydrogen (secondary N) is 1. The molecule has 7 heteroatoms. The van der Waals surface area contributed by atoms with Crippen molar-refractivity contribution < 1.29 is 9.59 Å². The van der Waals surface area contributed by atoms with Gasteiger partial charge in [0.15, 0.2) is 5.82 Å². The first-order valence-electron chi connectivity index (χ1n) is 8.07. The molecule has 2 fully saturated rings. The van der Waals surface area contributed by atoms with Gasteiger partial charge < -0.3 is 15.1 Å². The number of aryl methyl sites for hydroxylation is 1. The summed E-state index contributed by atoms with van der Waals surface area (Å²) in [5, 5.41) is 13.9. The highest BCUT2D eigenvalue weighted by Crippen LogP contribution is 2.28. The van der Waals surface area contributed by atoms with Crippen molar-refractivity contribution in [3.8, 4) is 0 Å². The summed E-state index contributed by atoms with van der Waals surface area (Å²) in [6, 6.07) is 7.60. The summed E-state index contributed by atoms with van der Waals surface area (Å²) in [6.07, 6.45) is 0.596. The summed E-state index contributed by atoms with van der Waals surface area (Å²) in [5.74, 6) is 0.722. The van der Waals surface area contributed by atoms with Gasteiger partial charge >= 0.3 is 0 Å². The molecule has 2 aromatic rings. The van der Waals surface area contributed by atoms with E-state index in [0.29, 0.717) is 18.8 Å². The highest BCUT2D eigenvalue weighted by Gasteiger charge is 2.44. The molecule has 1 N–H and O–H groups in total. The van der Waals surface area contributed by atoms with Crippen LogP contribution in [0.4, 0.5) is 5.82 Å². The number of hydrogen-bond acceptors (Lipinski definition) is 5. The number of carbonyl (C=O) groups is 2. The lowest BCUT2D eigenvalue weighted by molar-refractivity contribution is -0.152. The minimum atomic E-state index is -0.363. The maximum Gasteiger partial charge on any atom is 0.245 e. The first-order chi connectivity index (χ1) is 11.5. The molecule has 0 spiro atoms. The second-order valence-electron chi connectivity index (χ2n) is 6.51. The number of anilines is 1. The molecule has 1 aromatic carbocycles. The molecule has 2 amide bonds. The van der Waals surface area contributed by atoms with Crippen molar-refractivity contribution in [1.29, 1.82) is 0 Å². The fraction of sp³-hybridized carbons (Fsp3) is 0.412. The Bertz CT molecular complexity index is 837. The van der Waals surface area contributed by atoms with E-state index in [9.17, 15) is 9.59 Å². The number of rotatable bonds is 2. The predicted molar refractivity (Wildman–Crippen MR) is 89.4 cm³/mol. The Balaban J connectivity index is 1.61. The number of amides is 2. The van der Waals surface area contributed by atoms with Gasteiger partial charge in [0.2, 0.25) is 11.8 Å². The van der Waals surface area contributed by atoms with Crippen molar-refractivity contribution in [3.05, 3.63) is 30.0 Å². The van der Waals surface area contributed by atoms with Gasteiger partial charge in [0.05, 0.1) is 12.2 Å². The van der Waals surface area contributed by atoms with Gasteiger partial charge in [0, 0.05) is 30.4 Å². The summed E-state index contributed by atoms with van der Waals surface area (Å²) in [5.41, 5.74) is 0.881. The maximum absolute atomic E-state index is 12.3. The van der Waals surface area contributed by atoms with Crippen LogP contribution in [0.5, 0.6) is 0 Å². The Hall–Kier alpha value is -2.70. The largest absolute Gasteiger partial charge is 0.363 e. The monoisotopic (exact) mass is 325 g/mol. The molecule has 1 aromatic heterocycles. The molecule has 0 saturated carbocycles. The summed E-state index contributed by atoms with van der Waals surface area (Å²) in [4.78, 5) is 27.6. The van der Waals surface area contributed by atoms with E-state index >= 15 is 0 Å². The fourth-order valence-electron chi connectivity index (χ4n) is 3.61. The van der Waals surface area contributed by atoms with Crippen LogP contribution in [0.15, 0.2) is 24.3 Å². The number of carbonyl (C=O) groups excluding carboxylic acids is 2. The van der Waals surface area contributed by atoms with Crippen molar-refractivity contribution in [2.24, 2.45) is 0 Å². The topological polar surface area (TPSA) is 78.4 Å². The third-order valence-corrected chi connectivity index (χ3v) is 4.87. The molecular formula is C17H19N5O2. The number of aromatic nitrogens is 2. The summed E-state index contributed by atoms with van der Waals surface area (Å²) in [7, 11) is 1.68. The molecule has 124 valence electrons. The number of hydrogen-bond donors (Lipinski definition) is 1. The van der Waals surface area contributed by atoms with Crippen molar-refractivity contribution in [3.63, 3.8) is 0 Å². The lowest BCUT2D eigenvalue weighted by Gasteiger charge is -2.33. The zero-order chi connectivity index (χ0) is 16.8. The van der Waals surface area contributed by atoms with Crippen LogP contribution < -0.4 is 5.32 Å². The second-order valence-corrected chi connectivity index (χ2v) is 6.51. The Kier molecular flexibility index (Phi) is 3.37. The van der Waals surface area contributed by atoms with Gasteiger partial charge in [-0.25, -0.2) is 0 Å². The molecule has 24 heavy (non-hydrogen) atoms. The molecular weight excluding hydrogens is 306 g/mol. The van der Waals surface area contributed by atoms with Gasteiger partial charge in [-0.1, -0.05) is 24.3 Å². The molecule has 2 atom stereocenters. The Labute approximate surface area is 139 Å². The number of piperazine rings is 1. The number of benzene rings is 1. The molecule has 0 radical (unpaired) electrons. The van der Waals surface area contributed by atoms with E-state index in [2.05, 4.69) is 15.5 Å². The molecule has 2 saturated heterocycles. The quantitative estimate of drug-likeness (QED) is 0.883. The number of fused-ring (bicyclic) bond motifs is 2. The van der Waals surface area contributed by atoms with Crippen molar-refractivity contribution >= 4 is 28.4 Å². The fourth-order valence-corrected chi connectivity index (χ4v) is 3.61. The highest BCUT2D eigenvalue weighted by molar-refractivity contribution is 5.96. The van der Waals surface area contributed by atoms with Gasteiger partial charge in [0.25, 0.3) is 0 Å². The van der Waals surface area contributed by atoms with Gasteiger partial charge in [0.1, 0.15) is 6.04 Å². The lowest BCUT2D eigenvalue weighted by Crippen LogP contribution is -2.55. The first-order valence-corrected chi connectivity index (χ1v) is 8.07. The molecule has 2 aliphatic heterocycles. The summed E-state index contributed by atoms with van der Waals surface area (Å²) < 4.78 is 0. The Morgan fingerprint density at radius 3 is 2.71 bits per heavy atom. The minimum Gasteiger partial charge on any atom is -0.363 e. The smallest absolute Gasteiger partial charge is 0.245 e. The SMILES string of the molecule is Cc1nnc(N[C@@H]2C[C@H]3C(=O)N(C)CC(=O)N3C2)c2ccccc12. The van der Waals surface area contributed by atoms with E-state index in [1.807, 2.05) is 31.2 Å². The van der Waals surface area contributed by atoms with Crippen LogP contribution in [0, 0.1) is 6.92 Å². The lowest BCUT2D eigenvalue weighted by atomic mass is 10.1. The molecule has 3 heterocycles. The molecule has 0 aliphatic carbocycles. The van der Waals surface area contributed by atoms with Gasteiger partial charge in [-0.05, 0) is 13.3 Å². The van der Waals surface area contributed by atoms with Gasteiger partial charge in [-0.3, -0.25) is 9.59 Å². The Morgan fingerprint density at radius 1 is 1.17 bits per heavy atom. The second kappa shape index (κ2) is 5.43. The molecule has 7 nitrogen and oxygen atoms in total.